The molecule has 1 aliphatic carbocycles. The van der Waals surface area contributed by atoms with E-state index in [1.54, 1.807) is 7.11 Å². The van der Waals surface area contributed by atoms with Gasteiger partial charge in [-0.1, -0.05) is 19.1 Å². The number of carbonyl (C=O) groups is 2. The summed E-state index contributed by atoms with van der Waals surface area (Å²) in [5.74, 6) is 0.489. The topological polar surface area (TPSA) is 88.3 Å². The van der Waals surface area contributed by atoms with Gasteiger partial charge in [0.1, 0.15) is 11.3 Å². The number of Topliss-reactive ketones (excluding diaryl/α,β-unsaturated/α-hetero) is 1. The van der Waals surface area contributed by atoms with Crippen LogP contribution in [0.15, 0.2) is 35.1 Å². The summed E-state index contributed by atoms with van der Waals surface area (Å²) in [4.78, 5) is 39.4. The van der Waals surface area contributed by atoms with E-state index in [1.165, 1.54) is 6.07 Å². The molecule has 1 atom stereocenters. The summed E-state index contributed by atoms with van der Waals surface area (Å²) < 4.78 is 5.11. The highest BCUT2D eigenvalue weighted by Gasteiger charge is 2.25. The molecule has 0 spiro atoms. The van der Waals surface area contributed by atoms with Crippen molar-refractivity contribution in [1.82, 2.24) is 10.3 Å². The molecule has 26 heavy (non-hydrogen) atoms. The Morgan fingerprint density at radius 1 is 1.23 bits per heavy atom. The van der Waals surface area contributed by atoms with E-state index in [-0.39, 0.29) is 17.3 Å². The predicted molar refractivity (Wildman–Crippen MR) is 97.9 cm³/mol. The molecular formula is C20H22N2O4. The molecule has 0 saturated heterocycles. The number of fused-ring (bicyclic) bond motifs is 1. The van der Waals surface area contributed by atoms with Gasteiger partial charge >= 0.3 is 0 Å². The second-order valence-electron chi connectivity index (χ2n) is 6.69. The van der Waals surface area contributed by atoms with Gasteiger partial charge in [0.2, 0.25) is 0 Å². The molecule has 1 aliphatic rings. The van der Waals surface area contributed by atoms with Crippen molar-refractivity contribution in [2.75, 3.05) is 13.7 Å². The number of ketones is 1. The molecule has 6 nitrogen and oxygen atoms in total. The van der Waals surface area contributed by atoms with Crippen molar-refractivity contribution in [3.05, 3.63) is 63.1 Å². The van der Waals surface area contributed by atoms with Crippen LogP contribution in [0.25, 0.3) is 0 Å². The summed E-state index contributed by atoms with van der Waals surface area (Å²) in [6.45, 7) is 2.37. The number of methoxy groups -OCH3 is 1. The summed E-state index contributed by atoms with van der Waals surface area (Å²) in [5, 5.41) is 2.75. The van der Waals surface area contributed by atoms with Crippen LogP contribution in [0.2, 0.25) is 0 Å². The molecule has 3 rings (SSSR count). The van der Waals surface area contributed by atoms with Crippen molar-refractivity contribution >= 4 is 11.7 Å². The zero-order valence-corrected chi connectivity index (χ0v) is 14.9. The Kier molecular flexibility index (Phi) is 5.21. The third kappa shape index (κ3) is 3.85. The summed E-state index contributed by atoms with van der Waals surface area (Å²) >= 11 is 0. The fraction of sp³-hybridized carbons (Fsp3) is 0.350. The van der Waals surface area contributed by atoms with Gasteiger partial charge < -0.3 is 15.0 Å². The van der Waals surface area contributed by atoms with Gasteiger partial charge in [-0.25, -0.2) is 0 Å². The van der Waals surface area contributed by atoms with E-state index in [1.807, 2.05) is 31.2 Å². The molecule has 0 bridgehead atoms. The number of pyridine rings is 1. The lowest BCUT2D eigenvalue weighted by atomic mass is 9.86. The first-order valence-electron chi connectivity index (χ1n) is 8.68. The monoisotopic (exact) mass is 354 g/mol. The molecule has 1 aromatic heterocycles. The summed E-state index contributed by atoms with van der Waals surface area (Å²) in [6, 6.07) is 9.01. The molecule has 0 radical (unpaired) electrons. The Hall–Kier alpha value is -2.89. The van der Waals surface area contributed by atoms with Crippen LogP contribution in [0.4, 0.5) is 0 Å². The standard InChI is InChI=1S/C20H22N2O4/c1-12-9-17-15(18(23)10-12)11-16(20(25)22-17)19(24)21-8-7-13-3-5-14(26-2)6-4-13/h3-6,11-12H,7-10H2,1-2H3,(H,21,24)(H,22,25)/t12-/m0/s1. The molecule has 0 unspecified atom stereocenters. The van der Waals surface area contributed by atoms with Gasteiger partial charge in [-0.3, -0.25) is 14.4 Å². The van der Waals surface area contributed by atoms with E-state index in [4.69, 9.17) is 4.74 Å². The smallest absolute Gasteiger partial charge is 0.261 e. The minimum absolute atomic E-state index is 0.0126. The largest absolute Gasteiger partial charge is 0.497 e. The van der Waals surface area contributed by atoms with Crippen LogP contribution in [0.3, 0.4) is 0 Å². The van der Waals surface area contributed by atoms with Crippen molar-refractivity contribution in [1.29, 1.82) is 0 Å². The zero-order valence-electron chi connectivity index (χ0n) is 14.9. The van der Waals surface area contributed by atoms with Crippen LogP contribution in [0.1, 0.15) is 45.3 Å². The summed E-state index contributed by atoms with van der Waals surface area (Å²) in [5.41, 5.74) is 1.68. The molecule has 1 aromatic carbocycles. The first-order valence-corrected chi connectivity index (χ1v) is 8.68. The second-order valence-corrected chi connectivity index (χ2v) is 6.69. The van der Waals surface area contributed by atoms with Gasteiger partial charge in [0.05, 0.1) is 7.11 Å². The number of benzene rings is 1. The Morgan fingerprint density at radius 2 is 1.96 bits per heavy atom. The minimum Gasteiger partial charge on any atom is -0.497 e. The fourth-order valence-corrected chi connectivity index (χ4v) is 3.20. The van der Waals surface area contributed by atoms with Gasteiger partial charge in [-0.2, -0.15) is 0 Å². The molecule has 2 aromatic rings. The van der Waals surface area contributed by atoms with E-state index in [0.717, 1.165) is 11.3 Å². The van der Waals surface area contributed by atoms with Gasteiger partial charge in [-0.15, -0.1) is 0 Å². The maximum absolute atomic E-state index is 12.4. The number of hydrogen-bond acceptors (Lipinski definition) is 4. The number of aromatic nitrogens is 1. The number of H-pyrrole nitrogens is 1. The minimum atomic E-state index is -0.464. The quantitative estimate of drug-likeness (QED) is 0.861. The first kappa shape index (κ1) is 17.9. The van der Waals surface area contributed by atoms with Crippen molar-refractivity contribution in [3.8, 4) is 5.75 Å². The summed E-state index contributed by atoms with van der Waals surface area (Å²) in [7, 11) is 1.61. The van der Waals surface area contributed by atoms with Crippen molar-refractivity contribution in [2.45, 2.75) is 26.2 Å². The summed E-state index contributed by atoms with van der Waals surface area (Å²) in [6.07, 6.45) is 1.72. The van der Waals surface area contributed by atoms with Gasteiger partial charge in [0.15, 0.2) is 5.78 Å². The lowest BCUT2D eigenvalue weighted by molar-refractivity contribution is 0.0951. The molecule has 2 N–H and O–H groups in total. The molecule has 0 fully saturated rings. The van der Waals surface area contributed by atoms with Crippen LogP contribution in [-0.2, 0) is 12.8 Å². The van der Waals surface area contributed by atoms with Crippen molar-refractivity contribution in [2.24, 2.45) is 5.92 Å². The second kappa shape index (κ2) is 7.56. The Balaban J connectivity index is 1.67. The highest BCUT2D eigenvalue weighted by Crippen LogP contribution is 2.23. The highest BCUT2D eigenvalue weighted by molar-refractivity contribution is 6.01. The van der Waals surface area contributed by atoms with Crippen molar-refractivity contribution < 1.29 is 14.3 Å². The van der Waals surface area contributed by atoms with Gasteiger partial charge in [0.25, 0.3) is 11.5 Å². The highest BCUT2D eigenvalue weighted by atomic mass is 16.5. The van der Waals surface area contributed by atoms with E-state index >= 15 is 0 Å². The zero-order chi connectivity index (χ0) is 18.7. The number of aromatic amines is 1. The van der Waals surface area contributed by atoms with Crippen LogP contribution >= 0.6 is 0 Å². The number of hydrogen-bond donors (Lipinski definition) is 2. The van der Waals surface area contributed by atoms with E-state index in [2.05, 4.69) is 10.3 Å². The fourth-order valence-electron chi connectivity index (χ4n) is 3.20. The number of nitrogens with one attached hydrogen (secondary N) is 2. The maximum Gasteiger partial charge on any atom is 0.261 e. The number of rotatable bonds is 5. The number of amides is 1. The Bertz CT molecular complexity index is 884. The molecule has 1 heterocycles. The van der Waals surface area contributed by atoms with Gasteiger partial charge in [0, 0.05) is 24.2 Å². The van der Waals surface area contributed by atoms with Crippen LogP contribution in [-0.4, -0.2) is 30.3 Å². The average molecular weight is 354 g/mol. The molecule has 136 valence electrons. The molecule has 1 amide bonds. The van der Waals surface area contributed by atoms with Crippen LogP contribution in [0, 0.1) is 5.92 Å². The van der Waals surface area contributed by atoms with Crippen LogP contribution in [0.5, 0.6) is 5.75 Å². The third-order valence-corrected chi connectivity index (χ3v) is 4.61. The number of carbonyl (C=O) groups excluding carboxylic acids is 2. The lowest BCUT2D eigenvalue weighted by Gasteiger charge is -2.20. The molecule has 0 saturated carbocycles. The number of ether oxygens (including phenoxy) is 1. The van der Waals surface area contributed by atoms with Gasteiger partial charge in [-0.05, 0) is 42.5 Å². The average Bonchev–Trinajstić information content (AvgIpc) is 2.61. The molecule has 6 heteroatoms. The maximum atomic E-state index is 12.4. The SMILES string of the molecule is COc1ccc(CCNC(=O)c2cc3c([nH]c2=O)C[C@H](C)CC3=O)cc1. The van der Waals surface area contributed by atoms with E-state index in [9.17, 15) is 14.4 Å². The predicted octanol–water partition coefficient (Wildman–Crippen LogP) is 2.12. The van der Waals surface area contributed by atoms with E-state index in [0.29, 0.717) is 37.1 Å². The van der Waals surface area contributed by atoms with Crippen LogP contribution < -0.4 is 15.6 Å². The molecule has 0 aliphatic heterocycles. The Labute approximate surface area is 151 Å². The first-order chi connectivity index (χ1) is 12.5. The lowest BCUT2D eigenvalue weighted by Crippen LogP contribution is -2.33. The third-order valence-electron chi connectivity index (χ3n) is 4.61. The molecular weight excluding hydrogens is 332 g/mol. The Morgan fingerprint density at radius 3 is 2.65 bits per heavy atom. The van der Waals surface area contributed by atoms with E-state index < -0.39 is 11.5 Å². The normalized spacial score (nSPS) is 16.1. The van der Waals surface area contributed by atoms with Crippen molar-refractivity contribution in [3.63, 3.8) is 0 Å².